The molecule has 1 atom stereocenters. The molecule has 2 amide bonds. The minimum Gasteiger partial charge on any atom is -0.478 e. The molecule has 0 bridgehead atoms. The topological polar surface area (TPSA) is 99.6 Å². The van der Waals surface area contributed by atoms with Crippen LogP contribution in [-0.4, -0.2) is 84.4 Å². The van der Waals surface area contributed by atoms with Crippen molar-refractivity contribution in [3.63, 3.8) is 0 Å². The van der Waals surface area contributed by atoms with Crippen LogP contribution in [0.5, 0.6) is 5.75 Å². The molecular weight excluding hydrogens is 433 g/mol. The lowest BCUT2D eigenvalue weighted by Crippen LogP contribution is -2.56. The molecule has 9 nitrogen and oxygen atoms in total. The number of carboxylic acid groups (broad SMARTS) is 1. The third-order valence-electron chi connectivity index (χ3n) is 5.99. The molecule has 2 fully saturated rings. The highest BCUT2D eigenvalue weighted by Gasteiger charge is 2.36. The van der Waals surface area contributed by atoms with E-state index in [1.807, 2.05) is 4.90 Å². The van der Waals surface area contributed by atoms with Crippen LogP contribution in [0.4, 0.5) is 14.9 Å². The molecule has 1 aromatic carbocycles. The van der Waals surface area contributed by atoms with Gasteiger partial charge in [0.05, 0.1) is 12.5 Å². The predicted octanol–water partition coefficient (Wildman–Crippen LogP) is 2.58. The summed E-state index contributed by atoms with van der Waals surface area (Å²) in [7, 11) is 0. The summed E-state index contributed by atoms with van der Waals surface area (Å²) in [4.78, 5) is 41.0. The van der Waals surface area contributed by atoms with E-state index in [4.69, 9.17) is 14.6 Å². The van der Waals surface area contributed by atoms with Crippen LogP contribution in [0, 0.1) is 11.7 Å². The fourth-order valence-corrected chi connectivity index (χ4v) is 4.27. The Labute approximate surface area is 193 Å². The maximum absolute atomic E-state index is 14.5. The van der Waals surface area contributed by atoms with E-state index in [9.17, 15) is 18.8 Å². The van der Waals surface area contributed by atoms with Gasteiger partial charge in [0.25, 0.3) is 5.91 Å². The van der Waals surface area contributed by atoms with Gasteiger partial charge in [-0.1, -0.05) is 0 Å². The Morgan fingerprint density at radius 2 is 1.76 bits per heavy atom. The predicted molar refractivity (Wildman–Crippen MR) is 119 cm³/mol. The summed E-state index contributed by atoms with van der Waals surface area (Å²) < 4.78 is 25.5. The molecule has 1 N–H and O–H groups in total. The highest BCUT2D eigenvalue weighted by atomic mass is 19.1. The fourth-order valence-electron chi connectivity index (χ4n) is 4.27. The Hall–Kier alpha value is -3.04. The number of anilines is 1. The van der Waals surface area contributed by atoms with E-state index >= 15 is 0 Å². The smallest absolute Gasteiger partial charge is 0.407 e. The van der Waals surface area contributed by atoms with Gasteiger partial charge in [0.15, 0.2) is 5.60 Å². The lowest BCUT2D eigenvalue weighted by molar-refractivity contribution is -0.148. The van der Waals surface area contributed by atoms with E-state index in [0.717, 1.165) is 12.8 Å². The molecule has 0 unspecified atom stereocenters. The monoisotopic (exact) mass is 465 g/mol. The van der Waals surface area contributed by atoms with Gasteiger partial charge in [-0.05, 0) is 39.7 Å². The van der Waals surface area contributed by atoms with Gasteiger partial charge in [0.1, 0.15) is 11.6 Å². The highest BCUT2D eigenvalue weighted by molar-refractivity contribution is 5.85. The molecule has 33 heavy (non-hydrogen) atoms. The second kappa shape index (κ2) is 10.3. The van der Waals surface area contributed by atoms with Crippen LogP contribution in [0.3, 0.4) is 0 Å². The number of hydrogen-bond donors (Lipinski definition) is 1. The largest absolute Gasteiger partial charge is 0.478 e. The number of piperidine rings is 1. The van der Waals surface area contributed by atoms with Gasteiger partial charge < -0.3 is 29.3 Å². The second-order valence-corrected chi connectivity index (χ2v) is 8.86. The molecule has 0 aliphatic carbocycles. The summed E-state index contributed by atoms with van der Waals surface area (Å²) in [6, 6.07) is 4.29. The summed E-state index contributed by atoms with van der Waals surface area (Å²) in [6.45, 7) is 7.43. The number of benzene rings is 1. The number of carbonyl (C=O) groups excluding carboxylic acids is 2. The number of ether oxygens (including phenoxy) is 2. The normalized spacial score (nSPS) is 19.3. The van der Waals surface area contributed by atoms with Crippen LogP contribution in [0.2, 0.25) is 0 Å². The third-order valence-corrected chi connectivity index (χ3v) is 5.99. The molecule has 2 aliphatic heterocycles. The molecule has 0 spiro atoms. The van der Waals surface area contributed by atoms with E-state index in [-0.39, 0.29) is 49.7 Å². The summed E-state index contributed by atoms with van der Waals surface area (Å²) in [5, 5.41) is 9.08. The van der Waals surface area contributed by atoms with Crippen molar-refractivity contribution in [2.24, 2.45) is 5.92 Å². The quantitative estimate of drug-likeness (QED) is 0.645. The Balaban J connectivity index is 1.69. The molecule has 0 saturated carbocycles. The first-order valence-electron chi connectivity index (χ1n) is 11.3. The molecule has 0 aromatic heterocycles. The first-order valence-corrected chi connectivity index (χ1v) is 11.3. The summed E-state index contributed by atoms with van der Waals surface area (Å²) in [6.07, 6.45) is 0.500. The Morgan fingerprint density at radius 1 is 1.09 bits per heavy atom. The van der Waals surface area contributed by atoms with Crippen LogP contribution in [0.15, 0.2) is 18.2 Å². The Morgan fingerprint density at radius 3 is 2.39 bits per heavy atom. The molecule has 2 aliphatic rings. The van der Waals surface area contributed by atoms with Crippen molar-refractivity contribution < 1.29 is 33.4 Å². The van der Waals surface area contributed by atoms with Crippen molar-refractivity contribution in [2.75, 3.05) is 50.8 Å². The van der Waals surface area contributed by atoms with E-state index in [2.05, 4.69) is 0 Å². The molecule has 2 saturated heterocycles. The van der Waals surface area contributed by atoms with Gasteiger partial charge >= 0.3 is 12.1 Å². The SMILES string of the molecule is CCOC(=O)[C@@H]1CCCN(c2cc(F)cc(OC(C)(C)C(=O)N3CCN(C(=O)O)CC3)c2)C1. The lowest BCUT2D eigenvalue weighted by atomic mass is 9.97. The average molecular weight is 466 g/mol. The van der Waals surface area contributed by atoms with Crippen LogP contribution in [-0.2, 0) is 14.3 Å². The van der Waals surface area contributed by atoms with Crippen LogP contribution >= 0.6 is 0 Å². The average Bonchev–Trinajstić information content (AvgIpc) is 2.78. The van der Waals surface area contributed by atoms with Crippen LogP contribution in [0.25, 0.3) is 0 Å². The number of nitrogens with zero attached hydrogens (tertiary/aromatic N) is 3. The van der Waals surface area contributed by atoms with Crippen molar-refractivity contribution in [1.82, 2.24) is 9.80 Å². The van der Waals surface area contributed by atoms with Gasteiger partial charge in [-0.2, -0.15) is 0 Å². The van der Waals surface area contributed by atoms with E-state index < -0.39 is 17.5 Å². The number of piperazine rings is 1. The van der Waals surface area contributed by atoms with Crippen molar-refractivity contribution >= 4 is 23.7 Å². The van der Waals surface area contributed by atoms with E-state index in [1.165, 1.54) is 17.0 Å². The standard InChI is InChI=1S/C23H32FN3O6/c1-4-32-20(28)16-6-5-7-27(15-16)18-12-17(24)13-19(14-18)33-23(2,3)21(29)25-8-10-26(11-9-25)22(30)31/h12-14,16H,4-11,15H2,1-3H3,(H,30,31)/t16-/m1/s1. The molecular formula is C23H32FN3O6. The number of carbonyl (C=O) groups is 3. The molecule has 10 heteroatoms. The maximum atomic E-state index is 14.5. The van der Waals surface area contributed by atoms with Crippen LogP contribution in [0.1, 0.15) is 33.6 Å². The molecule has 182 valence electrons. The highest BCUT2D eigenvalue weighted by Crippen LogP contribution is 2.30. The van der Waals surface area contributed by atoms with Crippen molar-refractivity contribution in [3.8, 4) is 5.75 Å². The van der Waals surface area contributed by atoms with E-state index in [0.29, 0.717) is 25.4 Å². The number of amides is 2. The number of halogens is 1. The van der Waals surface area contributed by atoms with E-state index in [1.54, 1.807) is 31.7 Å². The van der Waals surface area contributed by atoms with Crippen LogP contribution < -0.4 is 9.64 Å². The minimum atomic E-state index is -1.27. The zero-order chi connectivity index (χ0) is 24.2. The minimum absolute atomic E-state index is 0.214. The maximum Gasteiger partial charge on any atom is 0.407 e. The van der Waals surface area contributed by atoms with Gasteiger partial charge in [0.2, 0.25) is 0 Å². The third kappa shape index (κ3) is 6.06. The number of esters is 1. The Kier molecular flexibility index (Phi) is 7.65. The lowest BCUT2D eigenvalue weighted by Gasteiger charge is -2.38. The van der Waals surface area contributed by atoms with Gasteiger partial charge in [-0.25, -0.2) is 9.18 Å². The molecule has 3 rings (SSSR count). The first kappa shape index (κ1) is 24.6. The first-order chi connectivity index (χ1) is 15.6. The Bertz CT molecular complexity index is 885. The summed E-state index contributed by atoms with van der Waals surface area (Å²) in [5.74, 6) is -1.10. The van der Waals surface area contributed by atoms with Gasteiger partial charge in [0, 0.05) is 57.1 Å². The second-order valence-electron chi connectivity index (χ2n) is 8.86. The molecule has 2 heterocycles. The fraction of sp³-hybridized carbons (Fsp3) is 0.609. The number of rotatable bonds is 6. The summed E-state index contributed by atoms with van der Waals surface area (Å²) >= 11 is 0. The van der Waals surface area contributed by atoms with Crippen molar-refractivity contribution in [2.45, 2.75) is 39.2 Å². The number of hydrogen-bond acceptors (Lipinski definition) is 6. The summed E-state index contributed by atoms with van der Waals surface area (Å²) in [5.41, 5.74) is -0.691. The zero-order valence-corrected chi connectivity index (χ0v) is 19.4. The zero-order valence-electron chi connectivity index (χ0n) is 19.4. The van der Waals surface area contributed by atoms with Crippen molar-refractivity contribution in [3.05, 3.63) is 24.0 Å². The molecule has 1 aromatic rings. The van der Waals surface area contributed by atoms with Gasteiger partial charge in [-0.3, -0.25) is 9.59 Å². The van der Waals surface area contributed by atoms with Crippen molar-refractivity contribution in [1.29, 1.82) is 0 Å². The van der Waals surface area contributed by atoms with Gasteiger partial charge in [-0.15, -0.1) is 0 Å². The molecule has 0 radical (unpaired) electrons.